The van der Waals surface area contributed by atoms with Crippen LogP contribution in [0.1, 0.15) is 66.7 Å². The molecule has 7 nitrogen and oxygen atoms in total. The lowest BCUT2D eigenvalue weighted by molar-refractivity contribution is 0.0605. The van der Waals surface area contributed by atoms with Gasteiger partial charge >= 0.3 is 0 Å². The molecule has 0 radical (unpaired) electrons. The zero-order valence-corrected chi connectivity index (χ0v) is 19.0. The summed E-state index contributed by atoms with van der Waals surface area (Å²) < 4.78 is 7.47. The molecule has 2 fully saturated rings. The fourth-order valence-electron chi connectivity index (χ4n) is 4.96. The van der Waals surface area contributed by atoms with E-state index in [4.69, 9.17) is 14.8 Å². The van der Waals surface area contributed by atoms with Crippen LogP contribution < -0.4 is 9.64 Å². The summed E-state index contributed by atoms with van der Waals surface area (Å²) in [5, 5.41) is 4.86. The molecule has 0 saturated carbocycles. The topological polar surface area (TPSA) is 63.0 Å². The maximum absolute atomic E-state index is 13.5. The van der Waals surface area contributed by atoms with E-state index < -0.39 is 0 Å². The molecule has 4 heterocycles. The Hall–Kier alpha value is -3.09. The lowest BCUT2D eigenvalue weighted by Gasteiger charge is -2.34. The first-order valence-corrected chi connectivity index (χ1v) is 11.8. The SMILES string of the molecule is CCOc1cccc(C(=O)N2CCCCC2c2cc3nc(N4CCCC4)c(C)cn3n2)c1. The monoisotopic (exact) mass is 433 g/mol. The van der Waals surface area contributed by atoms with Gasteiger partial charge in [-0.3, -0.25) is 4.79 Å². The summed E-state index contributed by atoms with van der Waals surface area (Å²) in [6.45, 7) is 7.50. The first kappa shape index (κ1) is 20.8. The average molecular weight is 434 g/mol. The lowest BCUT2D eigenvalue weighted by atomic mass is 9.98. The Labute approximate surface area is 189 Å². The van der Waals surface area contributed by atoms with Gasteiger partial charge in [0.1, 0.15) is 11.6 Å². The van der Waals surface area contributed by atoms with Gasteiger partial charge < -0.3 is 14.5 Å². The van der Waals surface area contributed by atoms with Crippen LogP contribution in [0.15, 0.2) is 36.5 Å². The summed E-state index contributed by atoms with van der Waals surface area (Å²) in [4.78, 5) is 22.7. The van der Waals surface area contributed by atoms with Crippen LogP contribution >= 0.6 is 0 Å². The quantitative estimate of drug-likeness (QED) is 0.597. The predicted molar refractivity (Wildman–Crippen MR) is 124 cm³/mol. The Kier molecular flexibility index (Phi) is 5.72. The van der Waals surface area contributed by atoms with Gasteiger partial charge in [-0.05, 0) is 64.2 Å². The molecule has 0 spiro atoms. The molecule has 32 heavy (non-hydrogen) atoms. The van der Waals surface area contributed by atoms with E-state index in [1.54, 1.807) is 0 Å². The van der Waals surface area contributed by atoms with Crippen LogP contribution in [0.3, 0.4) is 0 Å². The van der Waals surface area contributed by atoms with Gasteiger partial charge in [0.2, 0.25) is 0 Å². The van der Waals surface area contributed by atoms with Crippen molar-refractivity contribution in [3.8, 4) is 5.75 Å². The summed E-state index contributed by atoms with van der Waals surface area (Å²) >= 11 is 0. The van der Waals surface area contributed by atoms with Gasteiger partial charge in [0.05, 0.1) is 18.3 Å². The molecule has 1 atom stereocenters. The number of aromatic nitrogens is 3. The largest absolute Gasteiger partial charge is 0.494 e. The van der Waals surface area contributed by atoms with Gasteiger partial charge in [0, 0.05) is 43.0 Å². The first-order chi connectivity index (χ1) is 15.6. The van der Waals surface area contributed by atoms with Crippen LogP contribution in [0.4, 0.5) is 5.82 Å². The molecule has 2 aliphatic rings. The third-order valence-corrected chi connectivity index (χ3v) is 6.53. The van der Waals surface area contributed by atoms with Crippen LogP contribution in [0, 0.1) is 6.92 Å². The second kappa shape index (κ2) is 8.81. The van der Waals surface area contributed by atoms with Crippen LogP contribution in [-0.2, 0) is 0 Å². The molecule has 2 aromatic heterocycles. The number of hydrogen-bond donors (Lipinski definition) is 0. The Morgan fingerprint density at radius 2 is 1.94 bits per heavy atom. The number of ether oxygens (including phenoxy) is 1. The van der Waals surface area contributed by atoms with Gasteiger partial charge in [-0.2, -0.15) is 5.10 Å². The lowest BCUT2D eigenvalue weighted by Crippen LogP contribution is -2.38. The minimum Gasteiger partial charge on any atom is -0.494 e. The molecule has 5 rings (SSSR count). The second-order valence-electron chi connectivity index (χ2n) is 8.78. The van der Waals surface area contributed by atoms with Crippen molar-refractivity contribution >= 4 is 17.4 Å². The van der Waals surface area contributed by atoms with Crippen molar-refractivity contribution in [2.45, 2.75) is 52.0 Å². The smallest absolute Gasteiger partial charge is 0.254 e. The van der Waals surface area contributed by atoms with Crippen LogP contribution in [0.25, 0.3) is 5.65 Å². The van der Waals surface area contributed by atoms with Crippen molar-refractivity contribution in [3.05, 3.63) is 53.3 Å². The van der Waals surface area contributed by atoms with Gasteiger partial charge in [-0.15, -0.1) is 0 Å². The zero-order chi connectivity index (χ0) is 22.1. The first-order valence-electron chi connectivity index (χ1n) is 11.8. The normalized spacial score (nSPS) is 19.0. The average Bonchev–Trinajstić information content (AvgIpc) is 3.48. The number of carbonyl (C=O) groups excluding carboxylic acids is 1. The van der Waals surface area contributed by atoms with Crippen LogP contribution in [0.5, 0.6) is 5.75 Å². The molecule has 1 aromatic carbocycles. The number of anilines is 1. The molecule has 3 aromatic rings. The van der Waals surface area contributed by atoms with E-state index in [1.807, 2.05) is 40.6 Å². The van der Waals surface area contributed by atoms with Gasteiger partial charge in [0.15, 0.2) is 5.65 Å². The van der Waals surface area contributed by atoms with Gasteiger partial charge in [-0.1, -0.05) is 6.07 Å². The molecule has 1 amide bonds. The van der Waals surface area contributed by atoms with Crippen molar-refractivity contribution < 1.29 is 9.53 Å². The Balaban J connectivity index is 1.45. The molecule has 1 unspecified atom stereocenters. The predicted octanol–water partition coefficient (Wildman–Crippen LogP) is 4.40. The molecule has 7 heteroatoms. The van der Waals surface area contributed by atoms with Crippen LogP contribution in [-0.4, -0.2) is 51.6 Å². The zero-order valence-electron chi connectivity index (χ0n) is 19.0. The number of benzene rings is 1. The number of likely N-dealkylation sites (tertiary alicyclic amines) is 1. The van der Waals surface area contributed by atoms with Gasteiger partial charge in [0.25, 0.3) is 5.91 Å². The molecule has 2 saturated heterocycles. The highest BCUT2D eigenvalue weighted by atomic mass is 16.5. The second-order valence-corrected chi connectivity index (χ2v) is 8.78. The summed E-state index contributed by atoms with van der Waals surface area (Å²) in [6, 6.07) is 9.51. The van der Waals surface area contributed by atoms with E-state index in [9.17, 15) is 4.79 Å². The van der Waals surface area contributed by atoms with Crippen molar-refractivity contribution in [3.63, 3.8) is 0 Å². The van der Waals surface area contributed by atoms with E-state index >= 15 is 0 Å². The van der Waals surface area contributed by atoms with Crippen molar-refractivity contribution in [2.75, 3.05) is 31.1 Å². The molecular formula is C25H31N5O2. The number of rotatable bonds is 5. The summed E-state index contributed by atoms with van der Waals surface area (Å²) in [5.74, 6) is 1.83. The molecule has 0 aliphatic carbocycles. The Morgan fingerprint density at radius 1 is 1.12 bits per heavy atom. The third-order valence-electron chi connectivity index (χ3n) is 6.53. The number of hydrogen-bond acceptors (Lipinski definition) is 5. The van der Waals surface area contributed by atoms with E-state index in [2.05, 4.69) is 24.1 Å². The van der Waals surface area contributed by atoms with E-state index in [1.165, 1.54) is 12.8 Å². The number of carbonyl (C=O) groups is 1. The summed E-state index contributed by atoms with van der Waals surface area (Å²) in [7, 11) is 0. The van der Waals surface area contributed by atoms with Crippen LogP contribution in [0.2, 0.25) is 0 Å². The number of aryl methyl sites for hydroxylation is 1. The van der Waals surface area contributed by atoms with Crippen molar-refractivity contribution in [2.24, 2.45) is 0 Å². The summed E-state index contributed by atoms with van der Waals surface area (Å²) in [6.07, 6.45) is 7.53. The maximum atomic E-state index is 13.5. The Morgan fingerprint density at radius 3 is 2.75 bits per heavy atom. The number of nitrogens with zero attached hydrogens (tertiary/aromatic N) is 5. The third kappa shape index (κ3) is 3.92. The number of fused-ring (bicyclic) bond motifs is 1. The fourth-order valence-corrected chi connectivity index (χ4v) is 4.96. The fraction of sp³-hybridized carbons (Fsp3) is 0.480. The molecular weight excluding hydrogens is 402 g/mol. The number of piperidine rings is 1. The minimum atomic E-state index is -0.0377. The highest BCUT2D eigenvalue weighted by Gasteiger charge is 2.31. The van der Waals surface area contributed by atoms with E-state index in [0.717, 1.165) is 67.4 Å². The van der Waals surface area contributed by atoms with Crippen molar-refractivity contribution in [1.82, 2.24) is 19.5 Å². The maximum Gasteiger partial charge on any atom is 0.254 e. The molecule has 0 N–H and O–H groups in total. The minimum absolute atomic E-state index is 0.0372. The standard InChI is InChI=1S/C25H31N5O2/c1-3-32-20-10-8-9-19(15-20)25(31)29-14-5-4-11-22(29)21-16-23-26-24(28-12-6-7-13-28)18(2)17-30(23)27-21/h8-10,15-17,22H,3-7,11-14H2,1-2H3. The van der Waals surface area contributed by atoms with E-state index in [0.29, 0.717) is 12.2 Å². The molecule has 2 aliphatic heterocycles. The van der Waals surface area contributed by atoms with Gasteiger partial charge in [-0.25, -0.2) is 9.50 Å². The molecule has 168 valence electrons. The molecule has 0 bridgehead atoms. The highest BCUT2D eigenvalue weighted by molar-refractivity contribution is 5.95. The Bertz CT molecular complexity index is 1120. The van der Waals surface area contributed by atoms with Crippen molar-refractivity contribution in [1.29, 1.82) is 0 Å². The summed E-state index contributed by atoms with van der Waals surface area (Å²) in [5.41, 5.74) is 3.57. The highest BCUT2D eigenvalue weighted by Crippen LogP contribution is 2.33. The number of amides is 1. The van der Waals surface area contributed by atoms with E-state index in [-0.39, 0.29) is 11.9 Å².